The number of hydrogen-bond acceptors (Lipinski definition) is 6. The van der Waals surface area contributed by atoms with E-state index in [-0.39, 0.29) is 0 Å². The third-order valence-corrected chi connectivity index (χ3v) is 3.66. The van der Waals surface area contributed by atoms with E-state index in [1.54, 1.807) is 13.1 Å². The summed E-state index contributed by atoms with van der Waals surface area (Å²) in [6.45, 7) is 3.51. The SMILES string of the molecule is Cc1cn(O[C@@H]2O[C@H](C)[C@@H](O)[C@H]2O)c2ncnc(Cl)c12. The van der Waals surface area contributed by atoms with E-state index in [4.69, 9.17) is 21.2 Å². The summed E-state index contributed by atoms with van der Waals surface area (Å²) in [7, 11) is 0. The van der Waals surface area contributed by atoms with E-state index in [1.165, 1.54) is 11.1 Å². The molecule has 0 radical (unpaired) electrons. The molecule has 2 aromatic rings. The van der Waals surface area contributed by atoms with Crippen LogP contribution in [0.4, 0.5) is 0 Å². The van der Waals surface area contributed by atoms with Crippen LogP contribution in [0.15, 0.2) is 12.5 Å². The molecule has 0 aliphatic carbocycles. The van der Waals surface area contributed by atoms with Gasteiger partial charge in [0.25, 0.3) is 6.29 Å². The maximum Gasteiger partial charge on any atom is 0.253 e. The van der Waals surface area contributed by atoms with Crippen molar-refractivity contribution >= 4 is 22.6 Å². The molecule has 1 aliphatic rings. The summed E-state index contributed by atoms with van der Waals surface area (Å²) >= 11 is 6.03. The van der Waals surface area contributed by atoms with Crippen LogP contribution in [0.5, 0.6) is 0 Å². The van der Waals surface area contributed by atoms with E-state index in [0.29, 0.717) is 16.2 Å². The Labute approximate surface area is 119 Å². The molecule has 0 spiro atoms. The number of rotatable bonds is 2. The van der Waals surface area contributed by atoms with Crippen LogP contribution in [-0.4, -0.2) is 49.5 Å². The normalized spacial score (nSPS) is 30.1. The van der Waals surface area contributed by atoms with Crippen molar-refractivity contribution in [2.24, 2.45) is 0 Å². The van der Waals surface area contributed by atoms with Crippen LogP contribution in [0, 0.1) is 6.92 Å². The van der Waals surface area contributed by atoms with Crippen LogP contribution in [0.2, 0.25) is 5.15 Å². The molecule has 0 unspecified atom stereocenters. The summed E-state index contributed by atoms with van der Waals surface area (Å²) < 4.78 is 6.73. The fraction of sp³-hybridized carbons (Fsp3) is 0.500. The zero-order valence-electron chi connectivity index (χ0n) is 10.9. The van der Waals surface area contributed by atoms with Crippen molar-refractivity contribution < 1.29 is 19.8 Å². The maximum absolute atomic E-state index is 9.85. The third kappa shape index (κ3) is 2.03. The van der Waals surface area contributed by atoms with E-state index >= 15 is 0 Å². The molecule has 1 aliphatic heterocycles. The van der Waals surface area contributed by atoms with Crippen LogP contribution in [0.1, 0.15) is 12.5 Å². The third-order valence-electron chi connectivity index (χ3n) is 3.37. The van der Waals surface area contributed by atoms with Crippen molar-refractivity contribution in [1.82, 2.24) is 14.7 Å². The monoisotopic (exact) mass is 299 g/mol. The Balaban J connectivity index is 1.94. The van der Waals surface area contributed by atoms with Crippen molar-refractivity contribution in [3.63, 3.8) is 0 Å². The number of aliphatic hydroxyl groups is 2. The topological polar surface area (TPSA) is 89.6 Å². The zero-order chi connectivity index (χ0) is 14.4. The van der Waals surface area contributed by atoms with Crippen molar-refractivity contribution in [1.29, 1.82) is 0 Å². The Morgan fingerprint density at radius 3 is 2.75 bits per heavy atom. The molecular formula is C12H14ClN3O4. The minimum Gasteiger partial charge on any atom is -0.387 e. The second kappa shape index (κ2) is 4.85. The first-order valence-electron chi connectivity index (χ1n) is 6.16. The van der Waals surface area contributed by atoms with Gasteiger partial charge in [-0.3, -0.25) is 0 Å². The summed E-state index contributed by atoms with van der Waals surface area (Å²) in [6.07, 6.45) is -0.578. The number of nitrogens with zero attached hydrogens (tertiary/aromatic N) is 3. The summed E-state index contributed by atoms with van der Waals surface area (Å²) in [6, 6.07) is 0. The average Bonchev–Trinajstić information content (AvgIpc) is 2.85. The summed E-state index contributed by atoms with van der Waals surface area (Å²) in [5, 5.41) is 20.5. The number of aryl methyl sites for hydroxylation is 1. The van der Waals surface area contributed by atoms with Gasteiger partial charge < -0.3 is 19.8 Å². The van der Waals surface area contributed by atoms with Gasteiger partial charge in [-0.15, -0.1) is 0 Å². The lowest BCUT2D eigenvalue weighted by molar-refractivity contribution is -0.162. The van der Waals surface area contributed by atoms with Gasteiger partial charge in [-0.25, -0.2) is 9.97 Å². The van der Waals surface area contributed by atoms with Gasteiger partial charge in [0.05, 0.1) is 11.5 Å². The van der Waals surface area contributed by atoms with Gasteiger partial charge >= 0.3 is 0 Å². The number of ether oxygens (including phenoxy) is 1. The van der Waals surface area contributed by atoms with Gasteiger partial charge in [-0.05, 0) is 19.4 Å². The summed E-state index contributed by atoms with van der Waals surface area (Å²) in [5.41, 5.74) is 1.32. The second-order valence-electron chi connectivity index (χ2n) is 4.80. The molecule has 3 rings (SSSR count). The minimum atomic E-state index is -1.12. The van der Waals surface area contributed by atoms with Gasteiger partial charge in [0.15, 0.2) is 5.65 Å². The molecular weight excluding hydrogens is 286 g/mol. The molecule has 0 amide bonds. The molecule has 0 bridgehead atoms. The van der Waals surface area contributed by atoms with Crippen molar-refractivity contribution in [3.05, 3.63) is 23.2 Å². The Hall–Kier alpha value is -1.41. The van der Waals surface area contributed by atoms with Gasteiger partial charge in [-0.2, -0.15) is 4.73 Å². The van der Waals surface area contributed by atoms with Crippen LogP contribution >= 0.6 is 11.6 Å². The van der Waals surface area contributed by atoms with E-state index in [0.717, 1.165) is 5.56 Å². The minimum absolute atomic E-state index is 0.330. The number of aromatic nitrogens is 3. The van der Waals surface area contributed by atoms with Crippen LogP contribution in [0.25, 0.3) is 11.0 Å². The number of halogens is 1. The lowest BCUT2D eigenvalue weighted by Gasteiger charge is -2.17. The van der Waals surface area contributed by atoms with Crippen molar-refractivity contribution in [2.75, 3.05) is 0 Å². The Morgan fingerprint density at radius 1 is 1.35 bits per heavy atom. The molecule has 1 saturated heterocycles. The molecule has 108 valence electrons. The Kier molecular flexibility index (Phi) is 3.29. The largest absolute Gasteiger partial charge is 0.387 e. The van der Waals surface area contributed by atoms with Crippen LogP contribution < -0.4 is 4.84 Å². The predicted molar refractivity (Wildman–Crippen MR) is 70.2 cm³/mol. The highest BCUT2D eigenvalue weighted by atomic mass is 35.5. The molecule has 0 saturated carbocycles. The molecule has 8 heteroatoms. The second-order valence-corrected chi connectivity index (χ2v) is 5.16. The average molecular weight is 300 g/mol. The fourth-order valence-electron chi connectivity index (χ4n) is 2.25. The molecule has 1 fully saturated rings. The standard InChI is InChI=1S/C12H14ClN3O4/c1-5-3-16(11-7(5)10(13)14-4-15-11)20-12-9(18)8(17)6(2)19-12/h3-4,6,8-9,12,17-18H,1-2H3/t6-,8-,9-,12+/m1/s1. The van der Waals surface area contributed by atoms with Crippen LogP contribution in [0.3, 0.4) is 0 Å². The van der Waals surface area contributed by atoms with Gasteiger partial charge in [-0.1, -0.05) is 11.6 Å². The van der Waals surface area contributed by atoms with E-state index in [1.807, 2.05) is 6.92 Å². The zero-order valence-corrected chi connectivity index (χ0v) is 11.7. The molecule has 4 atom stereocenters. The highest BCUT2D eigenvalue weighted by Gasteiger charge is 2.42. The van der Waals surface area contributed by atoms with Crippen molar-refractivity contribution in [3.8, 4) is 0 Å². The first-order chi connectivity index (χ1) is 9.49. The lowest BCUT2D eigenvalue weighted by atomic mass is 10.2. The van der Waals surface area contributed by atoms with Crippen molar-refractivity contribution in [2.45, 2.75) is 38.4 Å². The molecule has 2 N–H and O–H groups in total. The van der Waals surface area contributed by atoms with Gasteiger partial charge in [0, 0.05) is 6.20 Å². The highest BCUT2D eigenvalue weighted by Crippen LogP contribution is 2.26. The van der Waals surface area contributed by atoms with E-state index < -0.39 is 24.6 Å². The summed E-state index contributed by atoms with van der Waals surface area (Å²) in [5.74, 6) is 0. The summed E-state index contributed by atoms with van der Waals surface area (Å²) in [4.78, 5) is 13.6. The Bertz CT molecular complexity index is 647. The fourth-order valence-corrected chi connectivity index (χ4v) is 2.53. The number of aliphatic hydroxyl groups excluding tert-OH is 2. The molecule has 3 heterocycles. The lowest BCUT2D eigenvalue weighted by Crippen LogP contribution is -2.37. The predicted octanol–water partition coefficient (Wildman–Crippen LogP) is 0.288. The molecule has 20 heavy (non-hydrogen) atoms. The van der Waals surface area contributed by atoms with E-state index in [2.05, 4.69) is 9.97 Å². The van der Waals surface area contributed by atoms with Gasteiger partial charge in [0.1, 0.15) is 23.7 Å². The Morgan fingerprint density at radius 2 is 2.10 bits per heavy atom. The molecule has 2 aromatic heterocycles. The van der Waals surface area contributed by atoms with Gasteiger partial charge in [0.2, 0.25) is 0 Å². The van der Waals surface area contributed by atoms with Crippen LogP contribution in [-0.2, 0) is 4.74 Å². The smallest absolute Gasteiger partial charge is 0.253 e. The molecule has 7 nitrogen and oxygen atoms in total. The first kappa shape index (κ1) is 13.6. The highest BCUT2D eigenvalue weighted by molar-refractivity contribution is 6.34. The molecule has 0 aromatic carbocycles. The van der Waals surface area contributed by atoms with E-state index in [9.17, 15) is 10.2 Å². The quantitative estimate of drug-likeness (QED) is 0.775. The first-order valence-corrected chi connectivity index (χ1v) is 6.53. The number of hydrogen-bond donors (Lipinski definition) is 2. The number of fused-ring (bicyclic) bond motifs is 1. The maximum atomic E-state index is 9.85.